The standard InChI is InChI=1S/C5H14N2O/c1-7(2)5(3-6)4-8/h5,8H,3-4,6H2,1-2H3. The molecule has 0 bridgehead atoms. The summed E-state index contributed by atoms with van der Waals surface area (Å²) in [6, 6.07) is 0.120. The van der Waals surface area contributed by atoms with Gasteiger partial charge in [0, 0.05) is 12.6 Å². The molecular weight excluding hydrogens is 104 g/mol. The van der Waals surface area contributed by atoms with Crippen molar-refractivity contribution in [2.45, 2.75) is 6.04 Å². The van der Waals surface area contributed by atoms with Crippen LogP contribution in [0.15, 0.2) is 0 Å². The van der Waals surface area contributed by atoms with Gasteiger partial charge in [0.1, 0.15) is 0 Å². The van der Waals surface area contributed by atoms with Crippen LogP contribution in [0.2, 0.25) is 0 Å². The highest BCUT2D eigenvalue weighted by Crippen LogP contribution is 1.85. The number of rotatable bonds is 3. The smallest absolute Gasteiger partial charge is 0.0598 e. The van der Waals surface area contributed by atoms with Crippen LogP contribution in [0.5, 0.6) is 0 Å². The van der Waals surface area contributed by atoms with Gasteiger partial charge in [-0.3, -0.25) is 0 Å². The van der Waals surface area contributed by atoms with Gasteiger partial charge in [0.05, 0.1) is 6.61 Å². The monoisotopic (exact) mass is 118 g/mol. The summed E-state index contributed by atoms with van der Waals surface area (Å²) in [7, 11) is 3.79. The maximum atomic E-state index is 8.57. The predicted molar refractivity (Wildman–Crippen MR) is 33.6 cm³/mol. The first kappa shape index (κ1) is 7.88. The second-order valence-electron chi connectivity index (χ2n) is 2.04. The average Bonchev–Trinajstić information content (AvgIpc) is 1.69. The van der Waals surface area contributed by atoms with Crippen LogP contribution in [-0.2, 0) is 0 Å². The number of aliphatic hydroxyl groups is 1. The summed E-state index contributed by atoms with van der Waals surface area (Å²) >= 11 is 0. The zero-order valence-electron chi connectivity index (χ0n) is 5.46. The van der Waals surface area contributed by atoms with Crippen LogP contribution >= 0.6 is 0 Å². The van der Waals surface area contributed by atoms with Crippen molar-refractivity contribution in [3.8, 4) is 0 Å². The fourth-order valence-electron chi connectivity index (χ4n) is 0.449. The van der Waals surface area contributed by atoms with E-state index in [4.69, 9.17) is 10.8 Å². The summed E-state index contributed by atoms with van der Waals surface area (Å²) in [5.41, 5.74) is 5.28. The van der Waals surface area contributed by atoms with E-state index < -0.39 is 0 Å². The summed E-state index contributed by atoms with van der Waals surface area (Å²) in [6.07, 6.45) is 0. The zero-order chi connectivity index (χ0) is 6.57. The lowest BCUT2D eigenvalue weighted by molar-refractivity contribution is 0.174. The van der Waals surface area contributed by atoms with Gasteiger partial charge < -0.3 is 15.7 Å². The number of hydrogen-bond donors (Lipinski definition) is 2. The van der Waals surface area contributed by atoms with Gasteiger partial charge in [-0.05, 0) is 14.1 Å². The Kier molecular flexibility index (Phi) is 3.77. The molecule has 0 aromatic heterocycles. The van der Waals surface area contributed by atoms with Gasteiger partial charge >= 0.3 is 0 Å². The van der Waals surface area contributed by atoms with E-state index >= 15 is 0 Å². The first-order chi connectivity index (χ1) is 3.72. The molecule has 0 saturated carbocycles. The van der Waals surface area contributed by atoms with Crippen LogP contribution in [0.25, 0.3) is 0 Å². The van der Waals surface area contributed by atoms with Crippen LogP contribution < -0.4 is 5.73 Å². The summed E-state index contributed by atoms with van der Waals surface area (Å²) in [6.45, 7) is 0.660. The molecule has 0 aliphatic carbocycles. The third kappa shape index (κ3) is 2.26. The van der Waals surface area contributed by atoms with Crippen molar-refractivity contribution in [3.63, 3.8) is 0 Å². The van der Waals surface area contributed by atoms with E-state index in [9.17, 15) is 0 Å². The molecule has 0 aliphatic heterocycles. The second kappa shape index (κ2) is 3.83. The number of nitrogens with zero attached hydrogens (tertiary/aromatic N) is 1. The molecule has 1 unspecified atom stereocenters. The molecule has 0 saturated heterocycles. The molecule has 8 heavy (non-hydrogen) atoms. The lowest BCUT2D eigenvalue weighted by atomic mass is 10.3. The Morgan fingerprint density at radius 3 is 2.12 bits per heavy atom. The van der Waals surface area contributed by atoms with E-state index in [0.717, 1.165) is 0 Å². The van der Waals surface area contributed by atoms with Crippen molar-refractivity contribution < 1.29 is 5.11 Å². The fourth-order valence-corrected chi connectivity index (χ4v) is 0.449. The Labute approximate surface area is 50.1 Å². The van der Waals surface area contributed by atoms with Crippen molar-refractivity contribution >= 4 is 0 Å². The Bertz CT molecular complexity index is 52.4. The van der Waals surface area contributed by atoms with E-state index in [1.165, 1.54) is 0 Å². The summed E-state index contributed by atoms with van der Waals surface area (Å²) in [4.78, 5) is 1.90. The number of aliphatic hydroxyl groups excluding tert-OH is 1. The minimum absolute atomic E-state index is 0.120. The van der Waals surface area contributed by atoms with Crippen molar-refractivity contribution in [1.29, 1.82) is 0 Å². The quantitative estimate of drug-likeness (QED) is 0.493. The molecule has 0 aromatic carbocycles. The second-order valence-corrected chi connectivity index (χ2v) is 2.04. The Morgan fingerprint density at radius 2 is 2.12 bits per heavy atom. The average molecular weight is 118 g/mol. The van der Waals surface area contributed by atoms with Gasteiger partial charge in [-0.25, -0.2) is 0 Å². The molecule has 0 amide bonds. The Balaban J connectivity index is 3.35. The fraction of sp³-hybridized carbons (Fsp3) is 1.00. The molecule has 3 heteroatoms. The van der Waals surface area contributed by atoms with Crippen molar-refractivity contribution in [2.75, 3.05) is 27.2 Å². The highest BCUT2D eigenvalue weighted by molar-refractivity contribution is 4.63. The summed E-state index contributed by atoms with van der Waals surface area (Å²) in [5.74, 6) is 0. The molecule has 0 aromatic rings. The van der Waals surface area contributed by atoms with Crippen molar-refractivity contribution in [1.82, 2.24) is 4.90 Å². The SMILES string of the molecule is CN(C)C(CN)CO. The molecule has 0 fully saturated rings. The van der Waals surface area contributed by atoms with E-state index in [2.05, 4.69) is 0 Å². The molecule has 0 radical (unpaired) electrons. The Hall–Kier alpha value is -0.120. The number of nitrogens with two attached hydrogens (primary N) is 1. The lowest BCUT2D eigenvalue weighted by Crippen LogP contribution is -2.37. The molecule has 3 N–H and O–H groups in total. The molecule has 0 heterocycles. The van der Waals surface area contributed by atoms with Gasteiger partial charge in [-0.15, -0.1) is 0 Å². The van der Waals surface area contributed by atoms with Crippen LogP contribution in [0.4, 0.5) is 0 Å². The molecule has 1 atom stereocenters. The first-order valence-electron chi connectivity index (χ1n) is 2.69. The molecule has 50 valence electrons. The maximum Gasteiger partial charge on any atom is 0.0598 e. The minimum atomic E-state index is 0.120. The van der Waals surface area contributed by atoms with E-state index in [-0.39, 0.29) is 12.6 Å². The number of hydrogen-bond acceptors (Lipinski definition) is 3. The highest BCUT2D eigenvalue weighted by Gasteiger charge is 2.04. The first-order valence-corrected chi connectivity index (χ1v) is 2.69. The molecular formula is C5H14N2O. The van der Waals surface area contributed by atoms with E-state index in [1.54, 1.807) is 0 Å². The largest absolute Gasteiger partial charge is 0.395 e. The van der Waals surface area contributed by atoms with Crippen molar-refractivity contribution in [3.05, 3.63) is 0 Å². The van der Waals surface area contributed by atoms with Crippen LogP contribution in [0.1, 0.15) is 0 Å². The zero-order valence-corrected chi connectivity index (χ0v) is 5.46. The Morgan fingerprint density at radius 1 is 1.62 bits per heavy atom. The highest BCUT2D eigenvalue weighted by atomic mass is 16.3. The summed E-state index contributed by atoms with van der Waals surface area (Å²) < 4.78 is 0. The summed E-state index contributed by atoms with van der Waals surface area (Å²) in [5, 5.41) is 8.57. The molecule has 0 spiro atoms. The van der Waals surface area contributed by atoms with Gasteiger partial charge in [0.25, 0.3) is 0 Å². The maximum absolute atomic E-state index is 8.57. The number of likely N-dealkylation sites (N-methyl/N-ethyl adjacent to an activating group) is 1. The van der Waals surface area contributed by atoms with Crippen LogP contribution in [0.3, 0.4) is 0 Å². The third-order valence-electron chi connectivity index (χ3n) is 1.21. The van der Waals surface area contributed by atoms with Gasteiger partial charge in [0.15, 0.2) is 0 Å². The van der Waals surface area contributed by atoms with Crippen molar-refractivity contribution in [2.24, 2.45) is 5.73 Å². The van der Waals surface area contributed by atoms with Crippen LogP contribution in [0, 0.1) is 0 Å². The molecule has 0 aliphatic rings. The van der Waals surface area contributed by atoms with Gasteiger partial charge in [-0.2, -0.15) is 0 Å². The predicted octanol–water partition coefficient (Wildman–Crippen LogP) is -1.13. The van der Waals surface area contributed by atoms with E-state index in [0.29, 0.717) is 6.54 Å². The van der Waals surface area contributed by atoms with Gasteiger partial charge in [-0.1, -0.05) is 0 Å². The van der Waals surface area contributed by atoms with Crippen LogP contribution in [-0.4, -0.2) is 43.3 Å². The molecule has 0 rings (SSSR count). The third-order valence-corrected chi connectivity index (χ3v) is 1.21. The lowest BCUT2D eigenvalue weighted by Gasteiger charge is -2.19. The van der Waals surface area contributed by atoms with Gasteiger partial charge in [0.2, 0.25) is 0 Å². The normalized spacial score (nSPS) is 14.6. The molecule has 3 nitrogen and oxygen atoms in total. The van der Waals surface area contributed by atoms with E-state index in [1.807, 2.05) is 19.0 Å². The minimum Gasteiger partial charge on any atom is -0.395 e. The topological polar surface area (TPSA) is 49.5 Å².